The number of hydrogen-bond donors (Lipinski definition) is 2. The summed E-state index contributed by atoms with van der Waals surface area (Å²) in [5.41, 5.74) is 2.15. The van der Waals surface area contributed by atoms with E-state index in [9.17, 15) is 4.79 Å². The van der Waals surface area contributed by atoms with Crippen LogP contribution in [-0.4, -0.2) is 44.0 Å². The SMILES string of the molecule is CCNC(=NCc1ccc(C(=O)N(C)C)cc1)NCCCC(C)(C)C.I. The Bertz CT molecular complexity index is 562. The van der Waals surface area contributed by atoms with Gasteiger partial charge in [0.2, 0.25) is 0 Å². The fourth-order valence-electron chi connectivity index (χ4n) is 2.35. The minimum Gasteiger partial charge on any atom is -0.357 e. The molecule has 0 bridgehead atoms. The van der Waals surface area contributed by atoms with Crippen molar-refractivity contribution in [1.82, 2.24) is 15.5 Å². The van der Waals surface area contributed by atoms with Crippen molar-refractivity contribution in [2.24, 2.45) is 10.4 Å². The van der Waals surface area contributed by atoms with Gasteiger partial charge in [0.15, 0.2) is 5.96 Å². The number of nitrogens with one attached hydrogen (secondary N) is 2. The van der Waals surface area contributed by atoms with Crippen LogP contribution >= 0.6 is 24.0 Å². The monoisotopic (exact) mass is 474 g/mol. The van der Waals surface area contributed by atoms with Gasteiger partial charge in [-0.15, -0.1) is 24.0 Å². The average Bonchev–Trinajstić information content (AvgIpc) is 2.55. The number of rotatable bonds is 7. The zero-order chi connectivity index (χ0) is 18.9. The topological polar surface area (TPSA) is 56.7 Å². The molecule has 1 aromatic rings. The number of hydrogen-bond acceptors (Lipinski definition) is 2. The molecule has 1 aromatic carbocycles. The number of halogens is 1. The Morgan fingerprint density at radius 2 is 1.73 bits per heavy atom. The minimum atomic E-state index is 0. The zero-order valence-electron chi connectivity index (χ0n) is 17.1. The van der Waals surface area contributed by atoms with E-state index >= 15 is 0 Å². The van der Waals surface area contributed by atoms with Gasteiger partial charge in [0.05, 0.1) is 6.54 Å². The predicted octanol–water partition coefficient (Wildman–Crippen LogP) is 3.89. The molecule has 0 atom stereocenters. The molecule has 0 aliphatic rings. The molecule has 0 fully saturated rings. The molecule has 0 spiro atoms. The second-order valence-corrected chi connectivity index (χ2v) is 7.68. The molecule has 2 N–H and O–H groups in total. The van der Waals surface area contributed by atoms with Crippen molar-refractivity contribution in [3.8, 4) is 0 Å². The molecule has 0 aromatic heterocycles. The van der Waals surface area contributed by atoms with Gasteiger partial charge < -0.3 is 15.5 Å². The highest BCUT2D eigenvalue weighted by Gasteiger charge is 2.09. The van der Waals surface area contributed by atoms with Gasteiger partial charge in [0.1, 0.15) is 0 Å². The normalized spacial score (nSPS) is 11.5. The summed E-state index contributed by atoms with van der Waals surface area (Å²) in [4.78, 5) is 18.1. The highest BCUT2D eigenvalue weighted by Crippen LogP contribution is 2.19. The summed E-state index contributed by atoms with van der Waals surface area (Å²) in [6.45, 7) is 11.2. The van der Waals surface area contributed by atoms with Gasteiger partial charge >= 0.3 is 0 Å². The van der Waals surface area contributed by atoms with Crippen LogP contribution in [0.1, 0.15) is 56.5 Å². The van der Waals surface area contributed by atoms with Gasteiger partial charge in [-0.25, -0.2) is 4.99 Å². The Labute approximate surface area is 176 Å². The van der Waals surface area contributed by atoms with Crippen LogP contribution in [0.4, 0.5) is 0 Å². The number of carbonyl (C=O) groups is 1. The highest BCUT2D eigenvalue weighted by molar-refractivity contribution is 14.0. The van der Waals surface area contributed by atoms with Gasteiger partial charge in [-0.2, -0.15) is 0 Å². The van der Waals surface area contributed by atoms with Crippen molar-refractivity contribution < 1.29 is 4.79 Å². The molecule has 1 rings (SSSR count). The van der Waals surface area contributed by atoms with Crippen LogP contribution < -0.4 is 10.6 Å². The van der Waals surface area contributed by atoms with Crippen molar-refractivity contribution in [3.63, 3.8) is 0 Å². The third-order valence-corrected chi connectivity index (χ3v) is 3.77. The van der Waals surface area contributed by atoms with Gasteiger partial charge in [0.25, 0.3) is 5.91 Å². The third-order valence-electron chi connectivity index (χ3n) is 3.77. The van der Waals surface area contributed by atoms with E-state index in [4.69, 9.17) is 0 Å². The molecule has 6 heteroatoms. The minimum absolute atomic E-state index is 0. The lowest BCUT2D eigenvalue weighted by Crippen LogP contribution is -2.38. The first-order valence-corrected chi connectivity index (χ1v) is 9.05. The Kier molecular flexibility index (Phi) is 11.5. The Morgan fingerprint density at radius 1 is 1.12 bits per heavy atom. The molecule has 148 valence electrons. The molecular weight excluding hydrogens is 439 g/mol. The number of amides is 1. The number of carbonyl (C=O) groups excluding carboxylic acids is 1. The van der Waals surface area contributed by atoms with E-state index in [-0.39, 0.29) is 29.9 Å². The van der Waals surface area contributed by atoms with Crippen molar-refractivity contribution in [2.45, 2.75) is 47.1 Å². The summed E-state index contributed by atoms with van der Waals surface area (Å²) in [5, 5.41) is 6.66. The molecule has 0 radical (unpaired) electrons. The molecule has 0 aliphatic heterocycles. The van der Waals surface area contributed by atoms with Gasteiger partial charge in [0, 0.05) is 32.7 Å². The van der Waals surface area contributed by atoms with E-state index < -0.39 is 0 Å². The van der Waals surface area contributed by atoms with E-state index in [0.717, 1.165) is 31.0 Å². The molecule has 0 saturated carbocycles. The van der Waals surface area contributed by atoms with Crippen LogP contribution in [0.15, 0.2) is 29.3 Å². The summed E-state index contributed by atoms with van der Waals surface area (Å²) in [5.74, 6) is 0.855. The van der Waals surface area contributed by atoms with Crippen molar-refractivity contribution in [2.75, 3.05) is 27.2 Å². The quantitative estimate of drug-likeness (QED) is 0.273. The maximum atomic E-state index is 11.9. The Hall–Kier alpha value is -1.31. The summed E-state index contributed by atoms with van der Waals surface area (Å²) in [7, 11) is 3.52. The van der Waals surface area contributed by atoms with Crippen LogP contribution in [0.25, 0.3) is 0 Å². The lowest BCUT2D eigenvalue weighted by atomic mass is 9.91. The summed E-state index contributed by atoms with van der Waals surface area (Å²) in [6, 6.07) is 7.64. The molecule has 26 heavy (non-hydrogen) atoms. The van der Waals surface area contributed by atoms with E-state index in [0.29, 0.717) is 17.5 Å². The number of guanidine groups is 1. The summed E-state index contributed by atoms with van der Waals surface area (Å²) < 4.78 is 0. The summed E-state index contributed by atoms with van der Waals surface area (Å²) in [6.07, 6.45) is 2.30. The van der Waals surface area contributed by atoms with Crippen molar-refractivity contribution in [3.05, 3.63) is 35.4 Å². The van der Waals surface area contributed by atoms with Gasteiger partial charge in [-0.3, -0.25) is 4.79 Å². The van der Waals surface area contributed by atoms with E-state index in [1.165, 1.54) is 6.42 Å². The molecule has 0 aliphatic carbocycles. The molecule has 1 amide bonds. The maximum absolute atomic E-state index is 11.9. The van der Waals surface area contributed by atoms with Crippen LogP contribution in [0.2, 0.25) is 0 Å². The Balaban J connectivity index is 0.00000625. The number of nitrogens with zero attached hydrogens (tertiary/aromatic N) is 2. The van der Waals surface area contributed by atoms with Crippen LogP contribution in [0, 0.1) is 5.41 Å². The first-order chi connectivity index (χ1) is 11.7. The van der Waals surface area contributed by atoms with Crippen molar-refractivity contribution >= 4 is 35.8 Å². The van der Waals surface area contributed by atoms with E-state index in [1.807, 2.05) is 24.3 Å². The number of aliphatic imine (C=N–C) groups is 1. The predicted molar refractivity (Wildman–Crippen MR) is 121 cm³/mol. The van der Waals surface area contributed by atoms with Crippen LogP contribution in [-0.2, 0) is 6.54 Å². The van der Waals surface area contributed by atoms with Gasteiger partial charge in [-0.05, 0) is 42.9 Å². The lowest BCUT2D eigenvalue weighted by Gasteiger charge is -2.18. The smallest absolute Gasteiger partial charge is 0.253 e. The van der Waals surface area contributed by atoms with E-state index in [1.54, 1.807) is 19.0 Å². The average molecular weight is 474 g/mol. The van der Waals surface area contributed by atoms with Crippen LogP contribution in [0.3, 0.4) is 0 Å². The van der Waals surface area contributed by atoms with Crippen molar-refractivity contribution in [1.29, 1.82) is 0 Å². The molecule has 5 nitrogen and oxygen atoms in total. The lowest BCUT2D eigenvalue weighted by molar-refractivity contribution is 0.0827. The first kappa shape index (κ1) is 24.7. The molecular formula is C20H35IN4O. The Morgan fingerprint density at radius 3 is 2.23 bits per heavy atom. The highest BCUT2D eigenvalue weighted by atomic mass is 127. The standard InChI is InChI=1S/C20H34N4O.HI/c1-7-21-19(22-14-8-13-20(2,3)4)23-15-16-9-11-17(12-10-16)18(25)24(5)6;/h9-12H,7-8,13-15H2,1-6H3,(H2,21,22,23);1H. The molecule has 0 unspecified atom stereocenters. The van der Waals surface area contributed by atoms with Gasteiger partial charge in [-0.1, -0.05) is 32.9 Å². The van der Waals surface area contributed by atoms with Crippen LogP contribution in [0.5, 0.6) is 0 Å². The fraction of sp³-hybridized carbons (Fsp3) is 0.600. The first-order valence-electron chi connectivity index (χ1n) is 9.05. The third kappa shape index (κ3) is 9.99. The van der Waals surface area contributed by atoms with E-state index in [2.05, 4.69) is 43.3 Å². The summed E-state index contributed by atoms with van der Waals surface area (Å²) >= 11 is 0. The second-order valence-electron chi connectivity index (χ2n) is 7.68. The zero-order valence-corrected chi connectivity index (χ0v) is 19.4. The maximum Gasteiger partial charge on any atom is 0.253 e. The largest absolute Gasteiger partial charge is 0.357 e. The number of benzene rings is 1. The second kappa shape index (κ2) is 12.1. The fourth-order valence-corrected chi connectivity index (χ4v) is 2.35. The molecule has 0 heterocycles. The molecule has 0 saturated heterocycles.